The Morgan fingerprint density at radius 1 is 1.11 bits per heavy atom. The summed E-state index contributed by atoms with van der Waals surface area (Å²) in [6.45, 7) is 2.34. The average Bonchev–Trinajstić information content (AvgIpc) is 2.78. The molecule has 4 aliphatic rings. The van der Waals surface area contributed by atoms with Gasteiger partial charge in [-0.25, -0.2) is 0 Å². The lowest BCUT2D eigenvalue weighted by Gasteiger charge is -2.36. The first kappa shape index (κ1) is 12.2. The molecule has 1 saturated heterocycles. The van der Waals surface area contributed by atoms with Gasteiger partial charge in [0.1, 0.15) is 0 Å². The molecular weight excluding hydrogens is 236 g/mol. The van der Waals surface area contributed by atoms with Crippen molar-refractivity contribution in [3.05, 3.63) is 0 Å². The Hall–Kier alpha value is -0.570. The summed E-state index contributed by atoms with van der Waals surface area (Å²) in [6, 6.07) is 0.519. The minimum atomic E-state index is -0.116. The van der Waals surface area contributed by atoms with Gasteiger partial charge in [-0.2, -0.15) is 0 Å². The van der Waals surface area contributed by atoms with E-state index in [4.69, 9.17) is 0 Å². The van der Waals surface area contributed by atoms with Crippen molar-refractivity contribution in [2.24, 2.45) is 11.8 Å². The third kappa shape index (κ3) is 1.77. The molecule has 1 N–H and O–H groups in total. The number of amides is 1. The van der Waals surface area contributed by atoms with Gasteiger partial charge in [0.15, 0.2) is 0 Å². The van der Waals surface area contributed by atoms with E-state index in [1.54, 1.807) is 0 Å². The summed E-state index contributed by atoms with van der Waals surface area (Å²) in [5, 5.41) is 3.76. The van der Waals surface area contributed by atoms with E-state index in [9.17, 15) is 4.79 Å². The highest BCUT2D eigenvalue weighted by Gasteiger charge is 2.62. The van der Waals surface area contributed by atoms with E-state index >= 15 is 0 Å². The van der Waals surface area contributed by atoms with Crippen molar-refractivity contribution in [1.82, 2.24) is 10.2 Å². The van der Waals surface area contributed by atoms with Gasteiger partial charge in [-0.05, 0) is 50.4 Å². The predicted octanol–water partition coefficient (Wildman–Crippen LogP) is 2.66. The third-order valence-corrected chi connectivity index (χ3v) is 6.14. The molecule has 3 nitrogen and oxygen atoms in total. The normalized spacial score (nSPS) is 41.6. The largest absolute Gasteiger partial charge is 0.322 e. The quantitative estimate of drug-likeness (QED) is 0.830. The molecule has 3 saturated carbocycles. The van der Waals surface area contributed by atoms with Crippen LogP contribution >= 0.6 is 0 Å². The van der Waals surface area contributed by atoms with Gasteiger partial charge in [-0.1, -0.05) is 26.2 Å². The van der Waals surface area contributed by atoms with Crippen LogP contribution in [0.5, 0.6) is 0 Å². The number of hydrogen-bond donors (Lipinski definition) is 1. The lowest BCUT2D eigenvalue weighted by atomic mass is 9.99. The van der Waals surface area contributed by atoms with Crippen molar-refractivity contribution >= 4 is 5.91 Å². The molecule has 0 aromatic heterocycles. The SMILES string of the molecule is CC1CCCC1N1C(=O)C2(CC2)NC1C1CCCC1. The molecule has 0 aromatic carbocycles. The highest BCUT2D eigenvalue weighted by atomic mass is 16.2. The average molecular weight is 262 g/mol. The van der Waals surface area contributed by atoms with Crippen LogP contribution < -0.4 is 5.32 Å². The summed E-state index contributed by atoms with van der Waals surface area (Å²) in [7, 11) is 0. The fourth-order valence-electron chi connectivity index (χ4n) is 4.79. The first-order valence-corrected chi connectivity index (χ1v) is 8.32. The third-order valence-electron chi connectivity index (χ3n) is 6.14. The van der Waals surface area contributed by atoms with E-state index in [0.717, 1.165) is 18.8 Å². The molecule has 3 aliphatic carbocycles. The van der Waals surface area contributed by atoms with E-state index in [1.807, 2.05) is 0 Å². The molecule has 1 spiro atoms. The smallest absolute Gasteiger partial charge is 0.244 e. The number of carbonyl (C=O) groups excluding carboxylic acids is 1. The second-order valence-corrected chi connectivity index (χ2v) is 7.40. The minimum absolute atomic E-state index is 0.116. The fourth-order valence-corrected chi connectivity index (χ4v) is 4.79. The van der Waals surface area contributed by atoms with Crippen molar-refractivity contribution in [2.75, 3.05) is 0 Å². The van der Waals surface area contributed by atoms with Crippen LogP contribution in [0, 0.1) is 11.8 Å². The number of hydrogen-bond acceptors (Lipinski definition) is 2. The maximum absolute atomic E-state index is 12.9. The molecular formula is C16H26N2O. The monoisotopic (exact) mass is 262 g/mol. The van der Waals surface area contributed by atoms with Crippen LogP contribution in [0.15, 0.2) is 0 Å². The van der Waals surface area contributed by atoms with Gasteiger partial charge < -0.3 is 4.90 Å². The molecule has 19 heavy (non-hydrogen) atoms. The predicted molar refractivity (Wildman–Crippen MR) is 74.5 cm³/mol. The maximum atomic E-state index is 12.9. The summed E-state index contributed by atoms with van der Waals surface area (Å²) < 4.78 is 0. The molecule has 1 aliphatic heterocycles. The van der Waals surface area contributed by atoms with Gasteiger partial charge in [0.25, 0.3) is 0 Å². The summed E-state index contributed by atoms with van der Waals surface area (Å²) >= 11 is 0. The van der Waals surface area contributed by atoms with Crippen molar-refractivity contribution < 1.29 is 4.79 Å². The van der Waals surface area contributed by atoms with Crippen LogP contribution in [0.25, 0.3) is 0 Å². The molecule has 0 aromatic rings. The Labute approximate surface area is 116 Å². The van der Waals surface area contributed by atoms with E-state index in [-0.39, 0.29) is 5.54 Å². The lowest BCUT2D eigenvalue weighted by molar-refractivity contribution is -0.134. The van der Waals surface area contributed by atoms with Gasteiger partial charge in [-0.15, -0.1) is 0 Å². The van der Waals surface area contributed by atoms with Crippen molar-refractivity contribution in [1.29, 1.82) is 0 Å². The molecule has 3 unspecified atom stereocenters. The van der Waals surface area contributed by atoms with Crippen LogP contribution in [0.3, 0.4) is 0 Å². The summed E-state index contributed by atoms with van der Waals surface area (Å²) in [5.74, 6) is 1.86. The molecule has 0 radical (unpaired) electrons. The van der Waals surface area contributed by atoms with Gasteiger partial charge in [0, 0.05) is 6.04 Å². The zero-order valence-corrected chi connectivity index (χ0v) is 12.0. The zero-order chi connectivity index (χ0) is 13.0. The highest BCUT2D eigenvalue weighted by molar-refractivity contribution is 5.92. The van der Waals surface area contributed by atoms with E-state index in [0.29, 0.717) is 24.0 Å². The Bertz CT molecular complexity index is 384. The number of rotatable bonds is 2. The van der Waals surface area contributed by atoms with E-state index in [2.05, 4.69) is 17.1 Å². The summed E-state index contributed by atoms with van der Waals surface area (Å²) in [6.07, 6.45) is 11.7. The Kier molecular flexibility index (Phi) is 2.70. The van der Waals surface area contributed by atoms with Gasteiger partial charge in [0.2, 0.25) is 5.91 Å². The van der Waals surface area contributed by atoms with Gasteiger partial charge >= 0.3 is 0 Å². The minimum Gasteiger partial charge on any atom is -0.322 e. The van der Waals surface area contributed by atoms with E-state index < -0.39 is 0 Å². The summed E-state index contributed by atoms with van der Waals surface area (Å²) in [5.41, 5.74) is -0.116. The highest BCUT2D eigenvalue weighted by Crippen LogP contribution is 2.48. The number of nitrogens with zero attached hydrogens (tertiary/aromatic N) is 1. The van der Waals surface area contributed by atoms with Crippen LogP contribution in [0.1, 0.15) is 64.7 Å². The Morgan fingerprint density at radius 2 is 1.84 bits per heavy atom. The van der Waals surface area contributed by atoms with Crippen molar-refractivity contribution in [2.45, 2.75) is 82.5 Å². The van der Waals surface area contributed by atoms with E-state index in [1.165, 1.54) is 44.9 Å². The Balaban J connectivity index is 1.62. The lowest BCUT2D eigenvalue weighted by Crippen LogP contribution is -2.49. The molecule has 1 amide bonds. The van der Waals surface area contributed by atoms with Crippen LogP contribution in [-0.2, 0) is 4.79 Å². The molecule has 4 rings (SSSR count). The zero-order valence-electron chi connectivity index (χ0n) is 12.0. The van der Waals surface area contributed by atoms with Crippen molar-refractivity contribution in [3.63, 3.8) is 0 Å². The van der Waals surface area contributed by atoms with Gasteiger partial charge in [-0.3, -0.25) is 10.1 Å². The van der Waals surface area contributed by atoms with Crippen molar-refractivity contribution in [3.8, 4) is 0 Å². The maximum Gasteiger partial charge on any atom is 0.244 e. The summed E-state index contributed by atoms with van der Waals surface area (Å²) in [4.78, 5) is 15.2. The van der Waals surface area contributed by atoms with Crippen LogP contribution in [0.4, 0.5) is 0 Å². The van der Waals surface area contributed by atoms with Crippen LogP contribution in [-0.4, -0.2) is 28.6 Å². The molecule has 3 atom stereocenters. The molecule has 3 heteroatoms. The molecule has 0 bridgehead atoms. The fraction of sp³-hybridized carbons (Fsp3) is 0.938. The molecule has 106 valence electrons. The Morgan fingerprint density at radius 3 is 2.42 bits per heavy atom. The standard InChI is InChI=1S/C16H26N2O/c1-11-5-4-8-13(11)18-14(12-6-2-3-7-12)17-16(9-10-16)15(18)19/h11-14,17H,2-10H2,1H3. The van der Waals surface area contributed by atoms with Crippen LogP contribution in [0.2, 0.25) is 0 Å². The second-order valence-electron chi connectivity index (χ2n) is 7.40. The first-order valence-electron chi connectivity index (χ1n) is 8.32. The first-order chi connectivity index (χ1) is 9.21. The number of nitrogens with one attached hydrogen (secondary N) is 1. The number of carbonyl (C=O) groups is 1. The topological polar surface area (TPSA) is 32.3 Å². The molecule has 1 heterocycles. The van der Waals surface area contributed by atoms with Gasteiger partial charge in [0.05, 0.1) is 11.7 Å². The second kappa shape index (κ2) is 4.21. The molecule has 4 fully saturated rings.